The van der Waals surface area contributed by atoms with Crippen LogP contribution in [0.2, 0.25) is 5.02 Å². The maximum atomic E-state index is 12.2. The van der Waals surface area contributed by atoms with Crippen LogP contribution in [0.4, 0.5) is 0 Å². The number of benzene rings is 3. The van der Waals surface area contributed by atoms with Crippen LogP contribution in [0.5, 0.6) is 11.5 Å². The van der Waals surface area contributed by atoms with Gasteiger partial charge in [-0.25, -0.2) is 10.2 Å². The second-order valence-electron chi connectivity index (χ2n) is 5.90. The Hall–Kier alpha value is -3.64. The summed E-state index contributed by atoms with van der Waals surface area (Å²) in [6.07, 6.45) is 1.45. The van der Waals surface area contributed by atoms with Crippen LogP contribution in [-0.4, -0.2) is 25.2 Å². The van der Waals surface area contributed by atoms with Crippen LogP contribution in [-0.2, 0) is 0 Å². The van der Waals surface area contributed by atoms with Gasteiger partial charge in [-0.1, -0.05) is 29.8 Å². The average molecular weight is 409 g/mol. The summed E-state index contributed by atoms with van der Waals surface area (Å²) < 4.78 is 10.4. The maximum Gasteiger partial charge on any atom is 0.343 e. The second kappa shape index (κ2) is 9.52. The zero-order valence-electron chi connectivity index (χ0n) is 15.5. The van der Waals surface area contributed by atoms with E-state index in [-0.39, 0.29) is 5.91 Å². The molecule has 0 spiro atoms. The first-order chi connectivity index (χ1) is 14.0. The van der Waals surface area contributed by atoms with Crippen LogP contribution in [0.15, 0.2) is 77.9 Å². The van der Waals surface area contributed by atoms with Gasteiger partial charge in [-0.05, 0) is 60.2 Å². The van der Waals surface area contributed by atoms with Crippen molar-refractivity contribution in [2.24, 2.45) is 5.10 Å². The van der Waals surface area contributed by atoms with E-state index in [2.05, 4.69) is 10.5 Å². The Morgan fingerprint density at radius 2 is 1.69 bits per heavy atom. The molecule has 0 heterocycles. The van der Waals surface area contributed by atoms with E-state index >= 15 is 0 Å². The topological polar surface area (TPSA) is 77.0 Å². The number of hydrogen-bond donors (Lipinski definition) is 1. The summed E-state index contributed by atoms with van der Waals surface area (Å²) in [5.74, 6) is 0.136. The molecule has 0 fully saturated rings. The minimum Gasteiger partial charge on any atom is -0.497 e. The summed E-state index contributed by atoms with van der Waals surface area (Å²) in [7, 11) is 1.55. The van der Waals surface area contributed by atoms with E-state index in [1.165, 1.54) is 6.21 Å². The molecule has 0 radical (unpaired) electrons. The van der Waals surface area contributed by atoms with Gasteiger partial charge < -0.3 is 9.47 Å². The number of rotatable bonds is 6. The molecule has 1 amide bonds. The molecule has 3 aromatic rings. The number of methoxy groups -OCH3 is 1. The van der Waals surface area contributed by atoms with Gasteiger partial charge in [0.05, 0.1) is 18.9 Å². The molecule has 0 unspecified atom stereocenters. The van der Waals surface area contributed by atoms with E-state index in [1.807, 2.05) is 0 Å². The number of nitrogens with one attached hydrogen (secondary N) is 1. The largest absolute Gasteiger partial charge is 0.497 e. The van der Waals surface area contributed by atoms with Gasteiger partial charge in [-0.2, -0.15) is 5.10 Å². The molecule has 7 heteroatoms. The molecule has 0 atom stereocenters. The van der Waals surface area contributed by atoms with Crippen LogP contribution in [0.1, 0.15) is 26.3 Å². The highest BCUT2D eigenvalue weighted by molar-refractivity contribution is 6.30. The zero-order valence-corrected chi connectivity index (χ0v) is 16.2. The predicted molar refractivity (Wildman–Crippen MR) is 111 cm³/mol. The monoisotopic (exact) mass is 408 g/mol. The molecule has 0 bridgehead atoms. The number of amides is 1. The lowest BCUT2D eigenvalue weighted by molar-refractivity contribution is 0.0734. The lowest BCUT2D eigenvalue weighted by Gasteiger charge is -2.06. The van der Waals surface area contributed by atoms with Gasteiger partial charge in [-0.3, -0.25) is 4.79 Å². The van der Waals surface area contributed by atoms with Crippen LogP contribution >= 0.6 is 11.6 Å². The van der Waals surface area contributed by atoms with Crippen molar-refractivity contribution >= 4 is 29.7 Å². The molecule has 29 heavy (non-hydrogen) atoms. The van der Waals surface area contributed by atoms with Crippen molar-refractivity contribution in [3.05, 3.63) is 94.5 Å². The third kappa shape index (κ3) is 5.67. The molecule has 146 valence electrons. The number of hydrogen-bond acceptors (Lipinski definition) is 5. The minimum absolute atomic E-state index is 0.357. The van der Waals surface area contributed by atoms with E-state index < -0.39 is 5.97 Å². The maximum absolute atomic E-state index is 12.2. The fraction of sp³-hybridized carbons (Fsp3) is 0.0455. The molecular formula is C22H17ClN2O4. The molecule has 0 aliphatic carbocycles. The minimum atomic E-state index is -0.490. The van der Waals surface area contributed by atoms with E-state index in [0.717, 1.165) is 0 Å². The van der Waals surface area contributed by atoms with Gasteiger partial charge in [0.25, 0.3) is 5.91 Å². The highest BCUT2D eigenvalue weighted by Gasteiger charge is 2.09. The van der Waals surface area contributed by atoms with Crippen LogP contribution < -0.4 is 14.9 Å². The van der Waals surface area contributed by atoms with Crippen LogP contribution in [0.25, 0.3) is 0 Å². The SMILES string of the molecule is COc1ccc(C(=O)Oc2cccc(/C=N\NC(=O)c3cccc(Cl)c3)c2)cc1. The number of carbonyl (C=O) groups excluding carboxylic acids is 2. The Kier molecular flexibility index (Phi) is 6.60. The molecule has 0 saturated carbocycles. The van der Waals surface area contributed by atoms with Crippen molar-refractivity contribution in [3.8, 4) is 11.5 Å². The molecule has 0 saturated heterocycles. The Bertz CT molecular complexity index is 1050. The molecule has 0 aliphatic heterocycles. The fourth-order valence-electron chi connectivity index (χ4n) is 2.41. The van der Waals surface area contributed by atoms with E-state index in [0.29, 0.717) is 33.2 Å². The fourth-order valence-corrected chi connectivity index (χ4v) is 2.60. The third-order valence-electron chi connectivity index (χ3n) is 3.86. The Morgan fingerprint density at radius 1 is 0.931 bits per heavy atom. The lowest BCUT2D eigenvalue weighted by Crippen LogP contribution is -2.17. The van der Waals surface area contributed by atoms with Gasteiger partial charge in [0.1, 0.15) is 11.5 Å². The molecule has 1 N–H and O–H groups in total. The Labute approximate surface area is 172 Å². The second-order valence-corrected chi connectivity index (χ2v) is 6.34. The number of hydrazone groups is 1. The van der Waals surface area contributed by atoms with E-state index in [4.69, 9.17) is 21.1 Å². The number of esters is 1. The normalized spacial score (nSPS) is 10.6. The summed E-state index contributed by atoms with van der Waals surface area (Å²) in [6, 6.07) is 19.9. The van der Waals surface area contributed by atoms with Crippen molar-refractivity contribution < 1.29 is 19.1 Å². The molecule has 0 aromatic heterocycles. The van der Waals surface area contributed by atoms with Gasteiger partial charge in [0.15, 0.2) is 0 Å². The lowest BCUT2D eigenvalue weighted by atomic mass is 10.2. The Morgan fingerprint density at radius 3 is 2.41 bits per heavy atom. The highest BCUT2D eigenvalue weighted by Crippen LogP contribution is 2.16. The van der Waals surface area contributed by atoms with Crippen molar-refractivity contribution in [1.29, 1.82) is 0 Å². The predicted octanol–water partition coefficient (Wildman–Crippen LogP) is 4.33. The summed E-state index contributed by atoms with van der Waals surface area (Å²) in [5.41, 5.74) is 3.87. The van der Waals surface area contributed by atoms with Crippen LogP contribution in [0.3, 0.4) is 0 Å². The summed E-state index contributed by atoms with van der Waals surface area (Å²) in [5, 5.41) is 4.39. The summed E-state index contributed by atoms with van der Waals surface area (Å²) in [4.78, 5) is 24.3. The number of carbonyl (C=O) groups is 2. The van der Waals surface area contributed by atoms with Crippen molar-refractivity contribution in [2.75, 3.05) is 7.11 Å². The summed E-state index contributed by atoms with van der Waals surface area (Å²) >= 11 is 5.87. The standard InChI is InChI=1S/C22H17ClN2O4/c1-28-19-10-8-16(9-11-19)22(27)29-20-7-2-4-15(12-20)14-24-25-21(26)17-5-3-6-18(23)13-17/h2-14H,1H3,(H,25,26)/b24-14-. The number of nitrogens with zero attached hydrogens (tertiary/aromatic N) is 1. The van der Waals surface area contributed by atoms with Gasteiger partial charge >= 0.3 is 5.97 Å². The third-order valence-corrected chi connectivity index (χ3v) is 4.10. The molecule has 6 nitrogen and oxygen atoms in total. The van der Waals surface area contributed by atoms with Crippen molar-refractivity contribution in [3.63, 3.8) is 0 Å². The first-order valence-corrected chi connectivity index (χ1v) is 8.98. The zero-order chi connectivity index (χ0) is 20.6. The molecule has 3 rings (SSSR count). The van der Waals surface area contributed by atoms with Gasteiger partial charge in [-0.15, -0.1) is 0 Å². The smallest absolute Gasteiger partial charge is 0.343 e. The Balaban J connectivity index is 1.62. The first kappa shape index (κ1) is 20.1. The van der Waals surface area contributed by atoms with E-state index in [9.17, 15) is 9.59 Å². The van der Waals surface area contributed by atoms with Crippen molar-refractivity contribution in [2.45, 2.75) is 0 Å². The average Bonchev–Trinajstić information content (AvgIpc) is 2.74. The number of halogens is 1. The first-order valence-electron chi connectivity index (χ1n) is 8.60. The molecule has 0 aliphatic rings. The number of ether oxygens (including phenoxy) is 2. The molecule has 3 aromatic carbocycles. The van der Waals surface area contributed by atoms with E-state index in [1.54, 1.807) is 79.9 Å². The quantitative estimate of drug-likeness (QED) is 0.285. The van der Waals surface area contributed by atoms with Crippen LogP contribution in [0, 0.1) is 0 Å². The van der Waals surface area contributed by atoms with Gasteiger partial charge in [0.2, 0.25) is 0 Å². The summed E-state index contributed by atoms with van der Waals surface area (Å²) in [6.45, 7) is 0. The van der Waals surface area contributed by atoms with Crippen molar-refractivity contribution in [1.82, 2.24) is 5.43 Å². The molecular weight excluding hydrogens is 392 g/mol. The highest BCUT2D eigenvalue weighted by atomic mass is 35.5. The van der Waals surface area contributed by atoms with Gasteiger partial charge in [0, 0.05) is 10.6 Å².